The van der Waals surface area contributed by atoms with E-state index < -0.39 is 12.0 Å². The molecule has 7 heteroatoms. The molecule has 94 valence electrons. The van der Waals surface area contributed by atoms with Crippen LogP contribution in [0.15, 0.2) is 12.4 Å². The molecule has 0 unspecified atom stereocenters. The number of ether oxygens (including phenoxy) is 1. The average molecular weight is 247 g/mol. The van der Waals surface area contributed by atoms with Gasteiger partial charge in [0.05, 0.1) is 19.0 Å². The highest BCUT2D eigenvalue weighted by Crippen LogP contribution is 2.28. The zero-order valence-corrected chi connectivity index (χ0v) is 8.94. The van der Waals surface area contributed by atoms with Gasteiger partial charge in [-0.15, -0.1) is 0 Å². The lowest BCUT2D eigenvalue weighted by molar-refractivity contribution is -0.145. The molecule has 4 nitrogen and oxygen atoms in total. The van der Waals surface area contributed by atoms with Crippen LogP contribution in [-0.2, 0) is 6.18 Å². The van der Waals surface area contributed by atoms with Crippen LogP contribution in [0.4, 0.5) is 13.2 Å². The summed E-state index contributed by atoms with van der Waals surface area (Å²) in [6.45, 7) is 0.447. The summed E-state index contributed by atoms with van der Waals surface area (Å²) in [5.74, 6) is -0.527. The van der Waals surface area contributed by atoms with Crippen LogP contribution in [0.5, 0.6) is 5.75 Å². The fourth-order valence-electron chi connectivity index (χ4n) is 1.67. The van der Waals surface area contributed by atoms with Crippen LogP contribution in [0.25, 0.3) is 0 Å². The average Bonchev–Trinajstić information content (AvgIpc) is 2.22. The molecule has 1 heterocycles. The van der Waals surface area contributed by atoms with Gasteiger partial charge in [-0.1, -0.05) is 0 Å². The smallest absolute Gasteiger partial charge is 0.451 e. The van der Waals surface area contributed by atoms with Crippen LogP contribution in [0, 0.1) is 5.92 Å². The lowest BCUT2D eigenvalue weighted by Gasteiger charge is -2.31. The molecule has 0 aromatic carbocycles. The number of aromatic nitrogens is 2. The second-order valence-corrected chi connectivity index (χ2v) is 4.15. The van der Waals surface area contributed by atoms with Crippen molar-refractivity contribution in [1.82, 2.24) is 9.97 Å². The van der Waals surface area contributed by atoms with Crippen molar-refractivity contribution < 1.29 is 17.9 Å². The van der Waals surface area contributed by atoms with Gasteiger partial charge in [0.2, 0.25) is 5.82 Å². The van der Waals surface area contributed by atoms with Gasteiger partial charge in [0.15, 0.2) is 5.75 Å². The van der Waals surface area contributed by atoms with Gasteiger partial charge in [0.1, 0.15) is 0 Å². The Kier molecular flexibility index (Phi) is 3.19. The fourth-order valence-corrected chi connectivity index (χ4v) is 1.67. The molecule has 2 rings (SSSR count). The van der Waals surface area contributed by atoms with Crippen molar-refractivity contribution in [2.45, 2.75) is 25.1 Å². The topological polar surface area (TPSA) is 61.0 Å². The maximum absolute atomic E-state index is 12.2. The van der Waals surface area contributed by atoms with Crippen LogP contribution >= 0.6 is 0 Å². The summed E-state index contributed by atoms with van der Waals surface area (Å²) in [4.78, 5) is 6.40. The van der Waals surface area contributed by atoms with E-state index in [-0.39, 0.29) is 11.8 Å². The monoisotopic (exact) mass is 247 g/mol. The molecule has 0 aliphatic heterocycles. The Morgan fingerprint density at radius 2 is 1.88 bits per heavy atom. The van der Waals surface area contributed by atoms with E-state index in [1.165, 1.54) is 0 Å². The quantitative estimate of drug-likeness (QED) is 0.881. The third kappa shape index (κ3) is 3.06. The van der Waals surface area contributed by atoms with Crippen LogP contribution in [0.3, 0.4) is 0 Å². The lowest BCUT2D eigenvalue weighted by atomic mass is 9.82. The number of rotatable bonds is 3. The highest BCUT2D eigenvalue weighted by Gasteiger charge is 2.34. The first-order chi connectivity index (χ1) is 7.95. The van der Waals surface area contributed by atoms with E-state index in [1.807, 2.05) is 0 Å². The van der Waals surface area contributed by atoms with E-state index in [2.05, 4.69) is 9.97 Å². The van der Waals surface area contributed by atoms with E-state index in [0.29, 0.717) is 12.5 Å². The number of nitrogens with zero attached hydrogens (tertiary/aromatic N) is 2. The molecule has 0 bridgehead atoms. The summed E-state index contributed by atoms with van der Waals surface area (Å²) < 4.78 is 41.8. The number of hydrogen-bond donors (Lipinski definition) is 1. The first kappa shape index (κ1) is 12.1. The van der Waals surface area contributed by atoms with Crippen molar-refractivity contribution in [2.24, 2.45) is 11.7 Å². The Hall–Kier alpha value is -1.37. The molecule has 1 aromatic rings. The minimum atomic E-state index is -4.51. The molecule has 0 spiro atoms. The lowest BCUT2D eigenvalue weighted by Crippen LogP contribution is -2.39. The van der Waals surface area contributed by atoms with Gasteiger partial charge in [-0.3, -0.25) is 0 Å². The second-order valence-electron chi connectivity index (χ2n) is 4.15. The summed E-state index contributed by atoms with van der Waals surface area (Å²) in [5.41, 5.74) is 5.60. The van der Waals surface area contributed by atoms with Gasteiger partial charge in [-0.05, 0) is 18.8 Å². The predicted octanol–water partition coefficient (Wildman–Crippen LogP) is 1.61. The first-order valence-corrected chi connectivity index (χ1v) is 5.23. The Labute approximate surface area is 96.0 Å². The van der Waals surface area contributed by atoms with Gasteiger partial charge in [0, 0.05) is 6.04 Å². The molecule has 1 aromatic heterocycles. The van der Waals surface area contributed by atoms with E-state index in [1.54, 1.807) is 0 Å². The molecular formula is C10H12F3N3O. The molecule has 0 saturated heterocycles. The Bertz CT molecular complexity index is 373. The standard InChI is InChI=1S/C10H12F3N3O/c11-10(12,13)9-15-3-8(4-16-9)17-5-6-1-7(14)2-6/h3-4,6-7H,1-2,5,14H2/t6-,7+. The Morgan fingerprint density at radius 1 is 1.29 bits per heavy atom. The second kappa shape index (κ2) is 4.48. The largest absolute Gasteiger partial charge is 0.490 e. The third-order valence-electron chi connectivity index (χ3n) is 2.64. The summed E-state index contributed by atoms with van der Waals surface area (Å²) in [5, 5.41) is 0. The summed E-state index contributed by atoms with van der Waals surface area (Å²) in [6, 6.07) is 0.229. The zero-order chi connectivity index (χ0) is 12.5. The van der Waals surface area contributed by atoms with Crippen LogP contribution in [0.2, 0.25) is 0 Å². The van der Waals surface area contributed by atoms with Crippen molar-refractivity contribution in [3.8, 4) is 5.75 Å². The van der Waals surface area contributed by atoms with Crippen LogP contribution in [-0.4, -0.2) is 22.6 Å². The Morgan fingerprint density at radius 3 is 2.35 bits per heavy atom. The van der Waals surface area contributed by atoms with E-state index in [0.717, 1.165) is 25.2 Å². The van der Waals surface area contributed by atoms with Crippen molar-refractivity contribution in [1.29, 1.82) is 0 Å². The molecule has 1 aliphatic rings. The van der Waals surface area contributed by atoms with E-state index >= 15 is 0 Å². The molecule has 0 atom stereocenters. The number of alkyl halides is 3. The molecule has 17 heavy (non-hydrogen) atoms. The zero-order valence-electron chi connectivity index (χ0n) is 8.94. The number of halogens is 3. The van der Waals surface area contributed by atoms with Crippen molar-refractivity contribution in [2.75, 3.05) is 6.61 Å². The predicted molar refractivity (Wildman–Crippen MR) is 53.2 cm³/mol. The summed E-state index contributed by atoms with van der Waals surface area (Å²) in [6.07, 6.45) is -0.662. The first-order valence-electron chi connectivity index (χ1n) is 5.23. The molecule has 1 aliphatic carbocycles. The normalized spacial score (nSPS) is 24.2. The molecule has 0 radical (unpaired) electrons. The van der Waals surface area contributed by atoms with Gasteiger partial charge >= 0.3 is 6.18 Å². The van der Waals surface area contributed by atoms with E-state index in [9.17, 15) is 13.2 Å². The molecule has 1 fully saturated rings. The van der Waals surface area contributed by atoms with Gasteiger partial charge < -0.3 is 10.5 Å². The molecule has 0 amide bonds. The van der Waals surface area contributed by atoms with Crippen molar-refractivity contribution >= 4 is 0 Å². The van der Waals surface area contributed by atoms with Gasteiger partial charge in [0.25, 0.3) is 0 Å². The SMILES string of the molecule is N[C@H]1C[C@@H](COc2cnc(C(F)(F)F)nc2)C1. The highest BCUT2D eigenvalue weighted by atomic mass is 19.4. The van der Waals surface area contributed by atoms with Gasteiger partial charge in [-0.2, -0.15) is 13.2 Å². The maximum Gasteiger partial charge on any atom is 0.451 e. The van der Waals surface area contributed by atoms with Crippen LogP contribution < -0.4 is 10.5 Å². The number of hydrogen-bond acceptors (Lipinski definition) is 4. The third-order valence-corrected chi connectivity index (χ3v) is 2.64. The minimum Gasteiger partial charge on any atom is -0.490 e. The summed E-state index contributed by atoms with van der Waals surface area (Å²) >= 11 is 0. The molecule has 1 saturated carbocycles. The van der Waals surface area contributed by atoms with Gasteiger partial charge in [-0.25, -0.2) is 9.97 Å². The van der Waals surface area contributed by atoms with Crippen molar-refractivity contribution in [3.05, 3.63) is 18.2 Å². The van der Waals surface area contributed by atoms with Crippen LogP contribution in [0.1, 0.15) is 18.7 Å². The number of nitrogens with two attached hydrogens (primary N) is 1. The van der Waals surface area contributed by atoms with Crippen molar-refractivity contribution in [3.63, 3.8) is 0 Å². The molecule has 2 N–H and O–H groups in total. The highest BCUT2D eigenvalue weighted by molar-refractivity contribution is 5.13. The fraction of sp³-hybridized carbons (Fsp3) is 0.600. The maximum atomic E-state index is 12.2. The molecular weight excluding hydrogens is 235 g/mol. The van der Waals surface area contributed by atoms with E-state index in [4.69, 9.17) is 10.5 Å². The minimum absolute atomic E-state index is 0.229. The summed E-state index contributed by atoms with van der Waals surface area (Å²) in [7, 11) is 0. The Balaban J connectivity index is 1.86.